The lowest BCUT2D eigenvalue weighted by atomic mass is 9.97. The lowest BCUT2D eigenvalue weighted by Gasteiger charge is -2.39. The van der Waals surface area contributed by atoms with Gasteiger partial charge in [0, 0.05) is 14.2 Å². The van der Waals surface area contributed by atoms with E-state index < -0.39 is 68.0 Å². The third kappa shape index (κ3) is 5.30. The molecule has 0 aromatic rings. The Balaban J connectivity index is 0.000000260. The SMILES string of the molecule is CCC1OC(OC)C(O)C(O)C1O.COC1OC(CO)C(O)C(O)C1O. The molecule has 2 rings (SSSR count). The van der Waals surface area contributed by atoms with E-state index in [0.717, 1.165) is 0 Å². The molecule has 11 heteroatoms. The minimum Gasteiger partial charge on any atom is -0.394 e. The van der Waals surface area contributed by atoms with Crippen molar-refractivity contribution in [3.05, 3.63) is 0 Å². The smallest absolute Gasteiger partial charge is 0.186 e. The molecule has 7 N–H and O–H groups in total. The van der Waals surface area contributed by atoms with Gasteiger partial charge in [-0.05, 0) is 6.42 Å². The van der Waals surface area contributed by atoms with Crippen LogP contribution in [-0.4, -0.2) is 118 Å². The maximum Gasteiger partial charge on any atom is 0.186 e. The molecule has 2 saturated heterocycles. The summed E-state index contributed by atoms with van der Waals surface area (Å²) >= 11 is 0. The molecule has 2 aliphatic heterocycles. The van der Waals surface area contributed by atoms with Crippen molar-refractivity contribution in [3.8, 4) is 0 Å². The lowest BCUT2D eigenvalue weighted by molar-refractivity contribution is -0.294. The summed E-state index contributed by atoms with van der Waals surface area (Å²) < 4.78 is 19.7. The van der Waals surface area contributed by atoms with Gasteiger partial charge in [0.25, 0.3) is 0 Å². The summed E-state index contributed by atoms with van der Waals surface area (Å²) in [4.78, 5) is 0. The van der Waals surface area contributed by atoms with Crippen molar-refractivity contribution < 1.29 is 54.7 Å². The number of rotatable bonds is 4. The lowest BCUT2D eigenvalue weighted by Crippen LogP contribution is -2.58. The van der Waals surface area contributed by atoms with Crippen molar-refractivity contribution in [2.75, 3.05) is 20.8 Å². The number of hydrogen-bond acceptors (Lipinski definition) is 11. The van der Waals surface area contributed by atoms with Crippen LogP contribution in [-0.2, 0) is 18.9 Å². The van der Waals surface area contributed by atoms with Crippen LogP contribution in [0.25, 0.3) is 0 Å². The van der Waals surface area contributed by atoms with Gasteiger partial charge >= 0.3 is 0 Å². The average molecular weight is 386 g/mol. The Morgan fingerprint density at radius 2 is 1.04 bits per heavy atom. The molecule has 0 aromatic heterocycles. The van der Waals surface area contributed by atoms with E-state index in [-0.39, 0.29) is 0 Å². The monoisotopic (exact) mass is 386 g/mol. The third-order valence-corrected chi connectivity index (χ3v) is 4.38. The fraction of sp³-hybridized carbons (Fsp3) is 1.00. The van der Waals surface area contributed by atoms with Crippen molar-refractivity contribution in [1.29, 1.82) is 0 Å². The van der Waals surface area contributed by atoms with Crippen molar-refractivity contribution in [2.45, 2.75) is 74.8 Å². The van der Waals surface area contributed by atoms with E-state index in [2.05, 4.69) is 0 Å². The summed E-state index contributed by atoms with van der Waals surface area (Å²) in [6.45, 7) is 1.38. The molecule has 2 heterocycles. The molecule has 156 valence electrons. The van der Waals surface area contributed by atoms with E-state index in [0.29, 0.717) is 6.42 Å². The first-order chi connectivity index (χ1) is 12.2. The zero-order valence-electron chi connectivity index (χ0n) is 15.0. The highest BCUT2D eigenvalue weighted by atomic mass is 16.7. The Labute approximate surface area is 151 Å². The van der Waals surface area contributed by atoms with E-state index >= 15 is 0 Å². The van der Waals surface area contributed by atoms with Crippen LogP contribution in [0.15, 0.2) is 0 Å². The van der Waals surface area contributed by atoms with Crippen LogP contribution in [0.3, 0.4) is 0 Å². The predicted octanol–water partition coefficient (Wildman–Crippen LogP) is -3.72. The second-order valence-electron chi connectivity index (χ2n) is 6.09. The summed E-state index contributed by atoms with van der Waals surface area (Å²) in [5.41, 5.74) is 0. The van der Waals surface area contributed by atoms with Gasteiger partial charge in [-0.3, -0.25) is 0 Å². The Kier molecular flexibility index (Phi) is 9.79. The second kappa shape index (κ2) is 10.8. The molecular formula is C15H30O11. The molecule has 0 bridgehead atoms. The Morgan fingerprint density at radius 3 is 1.38 bits per heavy atom. The van der Waals surface area contributed by atoms with Crippen LogP contribution in [0.5, 0.6) is 0 Å². The van der Waals surface area contributed by atoms with Crippen LogP contribution < -0.4 is 0 Å². The van der Waals surface area contributed by atoms with Crippen LogP contribution in [0.4, 0.5) is 0 Å². The molecule has 10 unspecified atom stereocenters. The first kappa shape index (κ1) is 23.6. The molecule has 0 amide bonds. The average Bonchev–Trinajstić information content (AvgIpc) is 2.65. The summed E-state index contributed by atoms with van der Waals surface area (Å²) in [6.07, 6.45) is -10.1. The van der Waals surface area contributed by atoms with Crippen molar-refractivity contribution in [1.82, 2.24) is 0 Å². The summed E-state index contributed by atoms with van der Waals surface area (Å²) in [6, 6.07) is 0. The van der Waals surface area contributed by atoms with Crippen molar-refractivity contribution in [2.24, 2.45) is 0 Å². The zero-order chi connectivity index (χ0) is 20.0. The zero-order valence-corrected chi connectivity index (χ0v) is 15.0. The van der Waals surface area contributed by atoms with Crippen LogP contribution in [0.1, 0.15) is 13.3 Å². The van der Waals surface area contributed by atoms with Gasteiger partial charge in [-0.25, -0.2) is 0 Å². The molecule has 11 nitrogen and oxygen atoms in total. The molecule has 2 fully saturated rings. The molecule has 0 saturated carbocycles. The molecule has 0 aliphatic carbocycles. The normalized spacial score (nSPS) is 46.4. The minimum absolute atomic E-state index is 0.440. The maximum absolute atomic E-state index is 9.43. The molecule has 26 heavy (non-hydrogen) atoms. The first-order valence-corrected chi connectivity index (χ1v) is 8.29. The fourth-order valence-corrected chi connectivity index (χ4v) is 2.71. The van der Waals surface area contributed by atoms with E-state index in [1.807, 2.05) is 6.92 Å². The molecule has 0 aromatic carbocycles. The minimum atomic E-state index is -1.36. The number of hydrogen-bond donors (Lipinski definition) is 7. The topological polar surface area (TPSA) is 179 Å². The predicted molar refractivity (Wildman–Crippen MR) is 84.8 cm³/mol. The number of aliphatic hydroxyl groups excluding tert-OH is 7. The van der Waals surface area contributed by atoms with Gasteiger partial charge in [-0.1, -0.05) is 6.92 Å². The third-order valence-electron chi connectivity index (χ3n) is 4.38. The second-order valence-corrected chi connectivity index (χ2v) is 6.09. The molecule has 10 atom stereocenters. The molecular weight excluding hydrogens is 356 g/mol. The van der Waals surface area contributed by atoms with E-state index in [9.17, 15) is 30.6 Å². The Hall–Kier alpha value is -0.440. The first-order valence-electron chi connectivity index (χ1n) is 8.29. The highest BCUT2D eigenvalue weighted by Crippen LogP contribution is 2.23. The van der Waals surface area contributed by atoms with E-state index in [1.165, 1.54) is 14.2 Å². The van der Waals surface area contributed by atoms with Crippen molar-refractivity contribution in [3.63, 3.8) is 0 Å². The summed E-state index contributed by atoms with van der Waals surface area (Å²) in [7, 11) is 2.68. The number of ether oxygens (including phenoxy) is 4. The largest absolute Gasteiger partial charge is 0.394 e. The van der Waals surface area contributed by atoms with Gasteiger partial charge < -0.3 is 54.7 Å². The Morgan fingerprint density at radius 1 is 0.654 bits per heavy atom. The Bertz CT molecular complexity index is 322. The molecule has 0 radical (unpaired) electrons. The van der Waals surface area contributed by atoms with E-state index in [1.54, 1.807) is 0 Å². The van der Waals surface area contributed by atoms with Gasteiger partial charge in [-0.2, -0.15) is 0 Å². The van der Waals surface area contributed by atoms with Crippen LogP contribution >= 0.6 is 0 Å². The van der Waals surface area contributed by atoms with Gasteiger partial charge in [0.15, 0.2) is 12.6 Å². The fourth-order valence-electron chi connectivity index (χ4n) is 2.71. The summed E-state index contributed by atoms with van der Waals surface area (Å²) in [5, 5.41) is 64.8. The van der Waals surface area contributed by atoms with E-state index in [4.69, 9.17) is 24.1 Å². The van der Waals surface area contributed by atoms with Crippen LogP contribution in [0, 0.1) is 0 Å². The van der Waals surface area contributed by atoms with Gasteiger partial charge in [0.2, 0.25) is 0 Å². The highest BCUT2D eigenvalue weighted by molar-refractivity contribution is 4.89. The number of aliphatic hydroxyl groups is 7. The number of methoxy groups -OCH3 is 2. The van der Waals surface area contributed by atoms with Gasteiger partial charge in [0.1, 0.15) is 42.7 Å². The maximum atomic E-state index is 9.43. The van der Waals surface area contributed by atoms with Gasteiger partial charge in [0.05, 0.1) is 12.7 Å². The quantitative estimate of drug-likeness (QED) is 0.253. The van der Waals surface area contributed by atoms with Crippen LogP contribution in [0.2, 0.25) is 0 Å². The van der Waals surface area contributed by atoms with Gasteiger partial charge in [-0.15, -0.1) is 0 Å². The highest BCUT2D eigenvalue weighted by Gasteiger charge is 2.44. The summed E-state index contributed by atoms with van der Waals surface area (Å²) in [5.74, 6) is 0. The molecule has 0 spiro atoms. The standard InChI is InChI=1S/C8H16O5.C7H14O6/c1-3-4-5(9)6(10)7(11)8(12-2)13-4;1-12-7-6(11)5(10)4(9)3(2-8)13-7/h4-11H,3H2,1-2H3;3-11H,2H2,1H3. The van der Waals surface area contributed by atoms with Crippen molar-refractivity contribution >= 4 is 0 Å². The molecule has 2 aliphatic rings.